The summed E-state index contributed by atoms with van der Waals surface area (Å²) < 4.78 is 1.09. The van der Waals surface area contributed by atoms with Crippen molar-refractivity contribution in [1.82, 2.24) is 0 Å². The van der Waals surface area contributed by atoms with Gasteiger partial charge in [-0.25, -0.2) is 0 Å². The third-order valence-corrected chi connectivity index (χ3v) is 5.50. The Balaban J connectivity index is 2.29. The fourth-order valence-corrected chi connectivity index (χ4v) is 3.71. The summed E-state index contributed by atoms with van der Waals surface area (Å²) in [6, 6.07) is 16.1. The Morgan fingerprint density at radius 3 is 2.53 bits per heavy atom. The molecular formula is C15H15BrClNS. The summed E-state index contributed by atoms with van der Waals surface area (Å²) in [6.45, 7) is 2.02. The molecule has 0 aliphatic heterocycles. The molecule has 1 nitrogen and oxygen atoms in total. The maximum atomic E-state index is 6.14. The standard InChI is InChI=1S/C15H15BrClNS/c1-10(18)15(11-5-4-6-12(17)9-11)19-14-8-3-2-7-13(14)16/h2-10,15H,18H2,1H3. The minimum absolute atomic E-state index is 0.0376. The van der Waals surface area contributed by atoms with E-state index in [4.69, 9.17) is 17.3 Å². The van der Waals surface area contributed by atoms with Crippen molar-refractivity contribution in [2.45, 2.75) is 23.1 Å². The van der Waals surface area contributed by atoms with Gasteiger partial charge in [0.15, 0.2) is 0 Å². The Kier molecular flexibility index (Phi) is 5.34. The molecule has 2 N–H and O–H groups in total. The maximum Gasteiger partial charge on any atom is 0.0493 e. The second-order valence-corrected chi connectivity index (χ2v) is 6.86. The third-order valence-electron chi connectivity index (χ3n) is 2.75. The monoisotopic (exact) mass is 355 g/mol. The lowest BCUT2D eigenvalue weighted by atomic mass is 10.1. The van der Waals surface area contributed by atoms with Crippen molar-refractivity contribution in [3.63, 3.8) is 0 Å². The van der Waals surface area contributed by atoms with E-state index in [0.717, 1.165) is 15.1 Å². The van der Waals surface area contributed by atoms with Crippen molar-refractivity contribution >= 4 is 39.3 Å². The van der Waals surface area contributed by atoms with Gasteiger partial charge in [-0.2, -0.15) is 0 Å². The van der Waals surface area contributed by atoms with Crippen LogP contribution in [0.5, 0.6) is 0 Å². The molecule has 0 aromatic heterocycles. The molecule has 0 saturated carbocycles. The van der Waals surface area contributed by atoms with Crippen LogP contribution in [0.2, 0.25) is 5.02 Å². The number of hydrogen-bond donors (Lipinski definition) is 1. The zero-order chi connectivity index (χ0) is 13.8. The second kappa shape index (κ2) is 6.80. The van der Waals surface area contributed by atoms with Crippen LogP contribution >= 0.6 is 39.3 Å². The molecule has 2 aromatic rings. The van der Waals surface area contributed by atoms with Crippen LogP contribution in [-0.2, 0) is 0 Å². The topological polar surface area (TPSA) is 26.0 Å². The van der Waals surface area contributed by atoms with Crippen LogP contribution in [0.3, 0.4) is 0 Å². The summed E-state index contributed by atoms with van der Waals surface area (Å²) in [5.41, 5.74) is 7.29. The molecule has 0 aliphatic rings. The average Bonchev–Trinajstić information content (AvgIpc) is 2.37. The Hall–Kier alpha value is -0.480. The highest BCUT2D eigenvalue weighted by Crippen LogP contribution is 2.40. The molecule has 0 bridgehead atoms. The van der Waals surface area contributed by atoms with Crippen LogP contribution in [0.1, 0.15) is 17.7 Å². The molecule has 19 heavy (non-hydrogen) atoms. The predicted octanol–water partition coefficient (Wildman–Crippen LogP) is 5.28. The van der Waals surface area contributed by atoms with E-state index in [1.807, 2.05) is 43.3 Å². The zero-order valence-corrected chi connectivity index (χ0v) is 13.7. The Labute approximate surface area is 131 Å². The van der Waals surface area contributed by atoms with Crippen LogP contribution in [0.15, 0.2) is 57.9 Å². The van der Waals surface area contributed by atoms with E-state index in [2.05, 4.69) is 28.1 Å². The van der Waals surface area contributed by atoms with Crippen molar-refractivity contribution < 1.29 is 0 Å². The SMILES string of the molecule is CC(N)C(Sc1ccccc1Br)c1cccc(Cl)c1. The van der Waals surface area contributed by atoms with Gasteiger partial charge >= 0.3 is 0 Å². The molecule has 0 spiro atoms. The van der Waals surface area contributed by atoms with Gasteiger partial charge in [-0.05, 0) is 52.7 Å². The van der Waals surface area contributed by atoms with E-state index < -0.39 is 0 Å². The quantitative estimate of drug-likeness (QED) is 0.754. The molecule has 0 radical (unpaired) electrons. The smallest absolute Gasteiger partial charge is 0.0493 e. The van der Waals surface area contributed by atoms with E-state index in [1.165, 1.54) is 4.90 Å². The second-order valence-electron chi connectivity index (χ2n) is 4.38. The van der Waals surface area contributed by atoms with Gasteiger partial charge in [0.2, 0.25) is 0 Å². The Morgan fingerprint density at radius 2 is 1.89 bits per heavy atom. The molecule has 0 fully saturated rings. The predicted molar refractivity (Wildman–Crippen MR) is 87.8 cm³/mol. The highest BCUT2D eigenvalue weighted by atomic mass is 79.9. The zero-order valence-electron chi connectivity index (χ0n) is 10.5. The molecule has 0 aliphatic carbocycles. The number of halogens is 2. The summed E-state index contributed by atoms with van der Waals surface area (Å²) in [7, 11) is 0. The fourth-order valence-electron chi connectivity index (χ4n) is 1.84. The fraction of sp³-hybridized carbons (Fsp3) is 0.200. The molecule has 0 heterocycles. The van der Waals surface area contributed by atoms with Gasteiger partial charge in [0.1, 0.15) is 0 Å². The molecule has 0 saturated heterocycles. The van der Waals surface area contributed by atoms with Crippen LogP contribution in [-0.4, -0.2) is 6.04 Å². The first-order valence-electron chi connectivity index (χ1n) is 6.00. The number of hydrogen-bond acceptors (Lipinski definition) is 2. The molecule has 2 aromatic carbocycles. The van der Waals surface area contributed by atoms with Crippen LogP contribution < -0.4 is 5.73 Å². The van der Waals surface area contributed by atoms with Crippen molar-refractivity contribution in [3.05, 3.63) is 63.6 Å². The average molecular weight is 357 g/mol. The lowest BCUT2D eigenvalue weighted by Crippen LogP contribution is -2.22. The Morgan fingerprint density at radius 1 is 1.16 bits per heavy atom. The van der Waals surface area contributed by atoms with Gasteiger partial charge in [0, 0.05) is 25.7 Å². The minimum Gasteiger partial charge on any atom is -0.327 e. The third kappa shape index (κ3) is 3.99. The van der Waals surface area contributed by atoms with Crippen LogP contribution in [0.4, 0.5) is 0 Å². The van der Waals surface area contributed by atoms with Gasteiger partial charge in [-0.3, -0.25) is 0 Å². The van der Waals surface area contributed by atoms with Crippen molar-refractivity contribution in [1.29, 1.82) is 0 Å². The normalized spacial score (nSPS) is 14.1. The van der Waals surface area contributed by atoms with Crippen LogP contribution in [0, 0.1) is 0 Å². The lowest BCUT2D eigenvalue weighted by molar-refractivity contribution is 0.721. The minimum atomic E-state index is 0.0376. The molecule has 100 valence electrons. The summed E-state index contributed by atoms with van der Waals surface area (Å²) in [4.78, 5) is 1.18. The van der Waals surface area contributed by atoms with E-state index in [-0.39, 0.29) is 11.3 Å². The number of thioether (sulfide) groups is 1. The first kappa shape index (κ1) is 14.9. The van der Waals surface area contributed by atoms with Gasteiger partial charge in [-0.1, -0.05) is 35.9 Å². The maximum absolute atomic E-state index is 6.14. The first-order chi connectivity index (χ1) is 9.08. The molecule has 4 heteroatoms. The molecule has 0 amide bonds. The Bertz CT molecular complexity index is 559. The van der Waals surface area contributed by atoms with Gasteiger partial charge in [0.05, 0.1) is 0 Å². The van der Waals surface area contributed by atoms with E-state index >= 15 is 0 Å². The van der Waals surface area contributed by atoms with Gasteiger partial charge in [-0.15, -0.1) is 11.8 Å². The van der Waals surface area contributed by atoms with Crippen molar-refractivity contribution in [2.75, 3.05) is 0 Å². The number of benzene rings is 2. The van der Waals surface area contributed by atoms with Gasteiger partial charge < -0.3 is 5.73 Å². The first-order valence-corrected chi connectivity index (χ1v) is 8.05. The highest BCUT2D eigenvalue weighted by Gasteiger charge is 2.19. The highest BCUT2D eigenvalue weighted by molar-refractivity contribution is 9.10. The summed E-state index contributed by atoms with van der Waals surface area (Å²) >= 11 is 11.4. The van der Waals surface area contributed by atoms with Gasteiger partial charge in [0.25, 0.3) is 0 Å². The largest absolute Gasteiger partial charge is 0.327 e. The summed E-state index contributed by atoms with van der Waals surface area (Å²) in [5, 5.41) is 0.924. The molecular weight excluding hydrogens is 342 g/mol. The number of nitrogens with two attached hydrogens (primary N) is 1. The molecule has 2 rings (SSSR count). The molecule has 2 unspecified atom stereocenters. The lowest BCUT2D eigenvalue weighted by Gasteiger charge is -2.21. The van der Waals surface area contributed by atoms with E-state index in [9.17, 15) is 0 Å². The van der Waals surface area contributed by atoms with Crippen LogP contribution in [0.25, 0.3) is 0 Å². The number of rotatable bonds is 4. The molecule has 2 atom stereocenters. The van der Waals surface area contributed by atoms with Crippen molar-refractivity contribution in [3.8, 4) is 0 Å². The summed E-state index contributed by atoms with van der Waals surface area (Å²) in [5.74, 6) is 0. The summed E-state index contributed by atoms with van der Waals surface area (Å²) in [6.07, 6.45) is 0. The van der Waals surface area contributed by atoms with Crippen molar-refractivity contribution in [2.24, 2.45) is 5.73 Å². The van der Waals surface area contributed by atoms with E-state index in [1.54, 1.807) is 11.8 Å². The van der Waals surface area contributed by atoms with E-state index in [0.29, 0.717) is 0 Å².